The molecule has 1 rings (SSSR count). The van der Waals surface area contributed by atoms with Gasteiger partial charge in [0.05, 0.1) is 5.41 Å². The molecule has 118 valence electrons. The van der Waals surface area contributed by atoms with Gasteiger partial charge < -0.3 is 9.84 Å². The first-order valence-corrected chi connectivity index (χ1v) is 7.44. The Morgan fingerprint density at radius 3 is 2.43 bits per heavy atom. The summed E-state index contributed by atoms with van der Waals surface area (Å²) in [6.07, 6.45) is 0.403. The Morgan fingerprint density at radius 2 is 1.90 bits per heavy atom. The number of aliphatic hydroxyl groups excluding tert-OH is 1. The Labute approximate surface area is 131 Å². The Bertz CT molecular complexity index is 463. The largest absolute Gasteiger partial charge is 0.459 e. The third-order valence-corrected chi connectivity index (χ3v) is 3.90. The Hall–Kier alpha value is -1.01. The first kappa shape index (κ1) is 18.0. The molecule has 1 atom stereocenters. The summed E-state index contributed by atoms with van der Waals surface area (Å²) in [5.74, 6) is -4.12. The van der Waals surface area contributed by atoms with Crippen LogP contribution in [0.15, 0.2) is 30.3 Å². The van der Waals surface area contributed by atoms with E-state index in [1.165, 1.54) is 0 Å². The van der Waals surface area contributed by atoms with Crippen molar-refractivity contribution in [3.05, 3.63) is 35.9 Å². The van der Waals surface area contributed by atoms with Gasteiger partial charge in [-0.1, -0.05) is 46.3 Å². The Kier molecular flexibility index (Phi) is 6.28. The maximum Gasteiger partial charge on any atom is 0.311 e. The molecule has 6 heteroatoms. The zero-order valence-electron chi connectivity index (χ0n) is 12.0. The fourth-order valence-electron chi connectivity index (χ4n) is 1.72. The van der Waals surface area contributed by atoms with E-state index < -0.39 is 30.5 Å². The van der Waals surface area contributed by atoms with Crippen LogP contribution in [0.25, 0.3) is 0 Å². The van der Waals surface area contributed by atoms with E-state index in [1.54, 1.807) is 13.8 Å². The van der Waals surface area contributed by atoms with E-state index in [-0.39, 0.29) is 4.83 Å². The average Bonchev–Trinajstić information content (AvgIpc) is 2.45. The Balaban J connectivity index is 2.62. The van der Waals surface area contributed by atoms with E-state index in [4.69, 9.17) is 5.11 Å². The fourth-order valence-corrected chi connectivity index (χ4v) is 2.84. The van der Waals surface area contributed by atoms with E-state index in [0.717, 1.165) is 5.56 Å². The third kappa shape index (κ3) is 5.71. The second kappa shape index (κ2) is 7.31. The van der Waals surface area contributed by atoms with Crippen molar-refractivity contribution < 1.29 is 23.4 Å². The molecule has 0 fully saturated rings. The molecular weight excluding hydrogens is 346 g/mol. The molecule has 3 nitrogen and oxygen atoms in total. The van der Waals surface area contributed by atoms with Crippen LogP contribution in [-0.2, 0) is 9.53 Å². The summed E-state index contributed by atoms with van der Waals surface area (Å²) in [6.45, 7) is 0.836. The third-order valence-electron chi connectivity index (χ3n) is 3.05. The standard InChI is InChI=1S/C15H19BrF2O3/c1-14(2,13(20)21-10-15(17,18)9-19)8-12(16)11-6-4-3-5-7-11/h3-7,12,19H,8-10H2,1-2H3. The summed E-state index contributed by atoms with van der Waals surface area (Å²) in [4.78, 5) is 11.9. The highest BCUT2D eigenvalue weighted by Crippen LogP contribution is 2.36. The topological polar surface area (TPSA) is 46.5 Å². The van der Waals surface area contributed by atoms with Crippen molar-refractivity contribution >= 4 is 21.9 Å². The summed E-state index contributed by atoms with van der Waals surface area (Å²) >= 11 is 3.50. The van der Waals surface area contributed by atoms with Gasteiger partial charge in [-0.2, -0.15) is 0 Å². The van der Waals surface area contributed by atoms with E-state index in [1.807, 2.05) is 30.3 Å². The fraction of sp³-hybridized carbons (Fsp3) is 0.533. The molecule has 0 aromatic heterocycles. The molecule has 0 spiro atoms. The number of halogens is 3. The lowest BCUT2D eigenvalue weighted by Crippen LogP contribution is -2.34. The summed E-state index contributed by atoms with van der Waals surface area (Å²) in [5, 5.41) is 8.46. The van der Waals surface area contributed by atoms with Crippen LogP contribution < -0.4 is 0 Å². The number of alkyl halides is 3. The molecule has 0 amide bonds. The quantitative estimate of drug-likeness (QED) is 0.592. The van der Waals surface area contributed by atoms with Crippen molar-refractivity contribution in [2.75, 3.05) is 13.2 Å². The molecular formula is C15H19BrF2O3. The van der Waals surface area contributed by atoms with Gasteiger partial charge in [-0.3, -0.25) is 4.79 Å². The van der Waals surface area contributed by atoms with Gasteiger partial charge in [0.2, 0.25) is 0 Å². The van der Waals surface area contributed by atoms with E-state index in [9.17, 15) is 13.6 Å². The van der Waals surface area contributed by atoms with Crippen LogP contribution in [0.3, 0.4) is 0 Å². The van der Waals surface area contributed by atoms with Crippen LogP contribution in [-0.4, -0.2) is 30.2 Å². The molecule has 0 saturated heterocycles. The highest BCUT2D eigenvalue weighted by Gasteiger charge is 2.36. The maximum atomic E-state index is 12.9. The van der Waals surface area contributed by atoms with Gasteiger partial charge >= 0.3 is 11.9 Å². The SMILES string of the molecule is CC(C)(CC(Br)c1ccccc1)C(=O)OCC(F)(F)CO. The lowest BCUT2D eigenvalue weighted by Gasteiger charge is -2.26. The number of esters is 1. The second-order valence-electron chi connectivity index (χ2n) is 5.56. The molecule has 0 aliphatic rings. The monoisotopic (exact) mass is 364 g/mol. The highest BCUT2D eigenvalue weighted by atomic mass is 79.9. The van der Waals surface area contributed by atoms with Crippen LogP contribution in [0.5, 0.6) is 0 Å². The van der Waals surface area contributed by atoms with Gasteiger partial charge in [-0.25, -0.2) is 8.78 Å². The van der Waals surface area contributed by atoms with Crippen LogP contribution in [0.2, 0.25) is 0 Å². The van der Waals surface area contributed by atoms with Crippen LogP contribution >= 0.6 is 15.9 Å². The van der Waals surface area contributed by atoms with Crippen molar-refractivity contribution in [1.29, 1.82) is 0 Å². The predicted molar refractivity (Wildman–Crippen MR) is 79.5 cm³/mol. The molecule has 1 N–H and O–H groups in total. The summed E-state index contributed by atoms with van der Waals surface area (Å²) in [7, 11) is 0. The number of aliphatic hydroxyl groups is 1. The molecule has 0 aliphatic carbocycles. The van der Waals surface area contributed by atoms with Crippen molar-refractivity contribution in [3.8, 4) is 0 Å². The van der Waals surface area contributed by atoms with Gasteiger partial charge in [0.15, 0.2) is 6.61 Å². The zero-order valence-corrected chi connectivity index (χ0v) is 13.6. The highest BCUT2D eigenvalue weighted by molar-refractivity contribution is 9.09. The van der Waals surface area contributed by atoms with Gasteiger partial charge in [-0.15, -0.1) is 0 Å². The number of ether oxygens (including phenoxy) is 1. The average molecular weight is 365 g/mol. The number of carbonyl (C=O) groups excluding carboxylic acids is 1. The number of rotatable bonds is 7. The molecule has 0 radical (unpaired) electrons. The summed E-state index contributed by atoms with van der Waals surface area (Å²) in [6, 6.07) is 9.49. The number of benzene rings is 1. The summed E-state index contributed by atoms with van der Waals surface area (Å²) < 4.78 is 30.4. The first-order valence-electron chi connectivity index (χ1n) is 6.53. The normalized spacial score (nSPS) is 13.8. The zero-order chi connectivity index (χ0) is 16.1. The lowest BCUT2D eigenvalue weighted by molar-refractivity contribution is -0.169. The molecule has 21 heavy (non-hydrogen) atoms. The predicted octanol–water partition coefficient (Wildman–Crippen LogP) is 3.71. The number of hydrogen-bond acceptors (Lipinski definition) is 3. The smallest absolute Gasteiger partial charge is 0.311 e. The molecule has 1 aromatic rings. The molecule has 0 saturated carbocycles. The van der Waals surface area contributed by atoms with Gasteiger partial charge in [0.1, 0.15) is 6.61 Å². The van der Waals surface area contributed by atoms with Crippen molar-refractivity contribution in [1.82, 2.24) is 0 Å². The van der Waals surface area contributed by atoms with Gasteiger partial charge in [0, 0.05) is 4.83 Å². The molecule has 0 aliphatic heterocycles. The van der Waals surface area contributed by atoms with Crippen molar-refractivity contribution in [2.45, 2.75) is 31.0 Å². The summed E-state index contributed by atoms with van der Waals surface area (Å²) in [5.41, 5.74) is 0.0780. The van der Waals surface area contributed by atoms with Crippen molar-refractivity contribution in [3.63, 3.8) is 0 Å². The lowest BCUT2D eigenvalue weighted by atomic mass is 9.86. The molecule has 1 aromatic carbocycles. The maximum absolute atomic E-state index is 12.9. The van der Waals surface area contributed by atoms with Crippen LogP contribution in [0.1, 0.15) is 30.7 Å². The molecule has 0 bridgehead atoms. The Morgan fingerprint density at radius 1 is 1.33 bits per heavy atom. The number of carbonyl (C=O) groups is 1. The molecule has 0 heterocycles. The van der Waals surface area contributed by atoms with Crippen LogP contribution in [0, 0.1) is 5.41 Å². The minimum absolute atomic E-state index is 0.0837. The number of hydrogen-bond donors (Lipinski definition) is 1. The molecule has 1 unspecified atom stereocenters. The first-order chi connectivity index (χ1) is 9.68. The van der Waals surface area contributed by atoms with E-state index in [0.29, 0.717) is 6.42 Å². The van der Waals surface area contributed by atoms with E-state index in [2.05, 4.69) is 20.7 Å². The van der Waals surface area contributed by atoms with Crippen molar-refractivity contribution in [2.24, 2.45) is 5.41 Å². The van der Waals surface area contributed by atoms with Crippen LogP contribution in [0.4, 0.5) is 8.78 Å². The van der Waals surface area contributed by atoms with Gasteiger partial charge in [-0.05, 0) is 25.8 Å². The minimum atomic E-state index is -3.40. The van der Waals surface area contributed by atoms with E-state index >= 15 is 0 Å². The second-order valence-corrected chi connectivity index (χ2v) is 6.66. The minimum Gasteiger partial charge on any atom is -0.459 e. The van der Waals surface area contributed by atoms with Gasteiger partial charge in [0.25, 0.3) is 0 Å².